The van der Waals surface area contributed by atoms with Gasteiger partial charge in [0.05, 0.1) is 5.54 Å². The van der Waals surface area contributed by atoms with E-state index in [9.17, 15) is 4.79 Å². The fourth-order valence-electron chi connectivity index (χ4n) is 3.91. The Balaban J connectivity index is 2.21. The van der Waals surface area contributed by atoms with Crippen LogP contribution in [0.25, 0.3) is 0 Å². The fourth-order valence-corrected chi connectivity index (χ4v) is 3.91. The van der Waals surface area contributed by atoms with Gasteiger partial charge in [-0.3, -0.25) is 14.6 Å². The Morgan fingerprint density at radius 1 is 0.875 bits per heavy atom. The first-order valence-corrected chi connectivity index (χ1v) is 8.47. The number of carbonyl (C=O) groups excluding carboxylic acids is 1. The molecule has 1 saturated heterocycles. The predicted molar refractivity (Wildman–Crippen MR) is 98.8 cm³/mol. The minimum Gasteiger partial charge on any atom is -0.290 e. The number of benzene rings is 2. The van der Waals surface area contributed by atoms with Crippen LogP contribution in [0.2, 0.25) is 0 Å². The topological polar surface area (TPSA) is 23.6 Å². The van der Waals surface area contributed by atoms with Crippen LogP contribution in [-0.4, -0.2) is 21.9 Å². The van der Waals surface area contributed by atoms with Gasteiger partial charge in [0.15, 0.2) is 0 Å². The van der Waals surface area contributed by atoms with Crippen molar-refractivity contribution in [3.63, 3.8) is 0 Å². The normalized spacial score (nSPS) is 21.3. The van der Waals surface area contributed by atoms with Crippen molar-refractivity contribution < 1.29 is 4.79 Å². The molecule has 1 aliphatic heterocycles. The Morgan fingerprint density at radius 2 is 1.38 bits per heavy atom. The van der Waals surface area contributed by atoms with E-state index in [1.165, 1.54) is 0 Å². The molecule has 0 N–H and O–H groups in total. The van der Waals surface area contributed by atoms with Gasteiger partial charge in [0.25, 0.3) is 0 Å². The largest absolute Gasteiger partial charge is 0.290 e. The summed E-state index contributed by atoms with van der Waals surface area (Å²) in [5.74, 6) is 0.137. The standard InChI is InChI=1S/C21H26N2O/c1-20(2,3)23-18(16-12-8-6-9-13-16)22(19(24)21(23,4)5)17-14-10-7-11-15-17/h6-15,18H,1-5H3. The SMILES string of the molecule is CC(C)(C)N1C(c2ccccc2)N(c2ccccc2)C(=O)C1(C)C. The second kappa shape index (κ2) is 5.75. The lowest BCUT2D eigenvalue weighted by Crippen LogP contribution is -2.53. The molecule has 1 fully saturated rings. The third-order valence-corrected chi connectivity index (χ3v) is 4.69. The van der Waals surface area contributed by atoms with Crippen molar-refractivity contribution in [3.8, 4) is 0 Å². The Bertz CT molecular complexity index is 717. The van der Waals surface area contributed by atoms with Crippen LogP contribution in [0.15, 0.2) is 60.7 Å². The van der Waals surface area contributed by atoms with Crippen LogP contribution in [-0.2, 0) is 4.79 Å². The monoisotopic (exact) mass is 322 g/mol. The minimum absolute atomic E-state index is 0.115. The second-order valence-corrected chi connectivity index (χ2v) is 7.89. The Hall–Kier alpha value is -2.13. The summed E-state index contributed by atoms with van der Waals surface area (Å²) in [5, 5.41) is 0. The van der Waals surface area contributed by atoms with E-state index < -0.39 is 5.54 Å². The average molecular weight is 322 g/mol. The summed E-state index contributed by atoms with van der Waals surface area (Å²) in [6.45, 7) is 10.6. The number of rotatable bonds is 2. The second-order valence-electron chi connectivity index (χ2n) is 7.89. The number of nitrogens with zero attached hydrogens (tertiary/aromatic N) is 2. The summed E-state index contributed by atoms with van der Waals surface area (Å²) in [4.78, 5) is 17.6. The molecule has 3 rings (SSSR count). The molecular weight excluding hydrogens is 296 g/mol. The average Bonchev–Trinajstić information content (AvgIpc) is 2.76. The number of hydrogen-bond acceptors (Lipinski definition) is 2. The molecule has 0 bridgehead atoms. The van der Waals surface area contributed by atoms with Crippen molar-refractivity contribution in [1.29, 1.82) is 0 Å². The first-order valence-electron chi connectivity index (χ1n) is 8.47. The van der Waals surface area contributed by atoms with Gasteiger partial charge in [-0.15, -0.1) is 0 Å². The zero-order valence-electron chi connectivity index (χ0n) is 15.2. The van der Waals surface area contributed by atoms with Crippen LogP contribution < -0.4 is 4.90 Å². The van der Waals surface area contributed by atoms with Crippen LogP contribution in [0.3, 0.4) is 0 Å². The van der Waals surface area contributed by atoms with E-state index in [0.717, 1.165) is 11.3 Å². The fraction of sp³-hybridized carbons (Fsp3) is 0.381. The Labute approximate surface area is 144 Å². The van der Waals surface area contributed by atoms with E-state index in [2.05, 4.69) is 37.8 Å². The van der Waals surface area contributed by atoms with Crippen molar-refractivity contribution in [2.75, 3.05) is 4.90 Å². The van der Waals surface area contributed by atoms with Crippen molar-refractivity contribution in [2.45, 2.75) is 51.9 Å². The molecule has 0 aromatic heterocycles. The van der Waals surface area contributed by atoms with Crippen molar-refractivity contribution in [3.05, 3.63) is 66.2 Å². The maximum absolute atomic E-state index is 13.4. The molecule has 0 radical (unpaired) electrons. The highest BCUT2D eigenvalue weighted by molar-refractivity contribution is 6.02. The molecule has 1 aliphatic rings. The van der Waals surface area contributed by atoms with Gasteiger partial charge in [-0.1, -0.05) is 48.5 Å². The quantitative estimate of drug-likeness (QED) is 0.806. The number of anilines is 1. The maximum Gasteiger partial charge on any atom is 0.248 e. The van der Waals surface area contributed by atoms with E-state index in [0.29, 0.717) is 0 Å². The third-order valence-electron chi connectivity index (χ3n) is 4.69. The van der Waals surface area contributed by atoms with Crippen molar-refractivity contribution >= 4 is 11.6 Å². The van der Waals surface area contributed by atoms with E-state index in [1.54, 1.807) is 0 Å². The summed E-state index contributed by atoms with van der Waals surface area (Å²) in [6, 6.07) is 20.3. The summed E-state index contributed by atoms with van der Waals surface area (Å²) in [6.07, 6.45) is -0.115. The highest BCUT2D eigenvalue weighted by Gasteiger charge is 2.56. The van der Waals surface area contributed by atoms with Gasteiger partial charge in [0.1, 0.15) is 6.17 Å². The molecule has 126 valence electrons. The van der Waals surface area contributed by atoms with E-state index in [4.69, 9.17) is 0 Å². The van der Waals surface area contributed by atoms with Gasteiger partial charge in [0.2, 0.25) is 5.91 Å². The summed E-state index contributed by atoms with van der Waals surface area (Å²) in [7, 11) is 0. The van der Waals surface area contributed by atoms with E-state index >= 15 is 0 Å². The number of amides is 1. The Morgan fingerprint density at radius 3 is 1.88 bits per heavy atom. The number of carbonyl (C=O) groups is 1. The van der Waals surface area contributed by atoms with Crippen LogP contribution in [0.4, 0.5) is 5.69 Å². The zero-order valence-corrected chi connectivity index (χ0v) is 15.2. The van der Waals surface area contributed by atoms with E-state index in [-0.39, 0.29) is 17.6 Å². The molecular formula is C21H26N2O. The van der Waals surface area contributed by atoms with Gasteiger partial charge in [-0.25, -0.2) is 0 Å². The van der Waals surface area contributed by atoms with Crippen molar-refractivity contribution in [2.24, 2.45) is 0 Å². The molecule has 0 saturated carbocycles. The zero-order chi connectivity index (χ0) is 17.5. The molecule has 3 nitrogen and oxygen atoms in total. The first kappa shape index (κ1) is 16.7. The maximum atomic E-state index is 13.4. The van der Waals surface area contributed by atoms with Crippen LogP contribution in [0, 0.1) is 0 Å². The molecule has 1 amide bonds. The Kier molecular flexibility index (Phi) is 4.00. The van der Waals surface area contributed by atoms with E-state index in [1.807, 2.05) is 67.3 Å². The van der Waals surface area contributed by atoms with Crippen LogP contribution >= 0.6 is 0 Å². The molecule has 0 aliphatic carbocycles. The molecule has 2 aromatic rings. The predicted octanol–water partition coefficient (Wildman–Crippen LogP) is 4.61. The van der Waals surface area contributed by atoms with Gasteiger partial charge < -0.3 is 0 Å². The van der Waals surface area contributed by atoms with Crippen molar-refractivity contribution in [1.82, 2.24) is 4.90 Å². The number of para-hydroxylation sites is 1. The molecule has 1 atom stereocenters. The lowest BCUT2D eigenvalue weighted by atomic mass is 9.94. The molecule has 1 unspecified atom stereocenters. The number of hydrogen-bond donors (Lipinski definition) is 0. The minimum atomic E-state index is -0.575. The smallest absolute Gasteiger partial charge is 0.248 e. The highest BCUT2D eigenvalue weighted by atomic mass is 16.2. The van der Waals surface area contributed by atoms with Gasteiger partial charge in [-0.2, -0.15) is 0 Å². The first-order chi connectivity index (χ1) is 11.2. The lowest BCUT2D eigenvalue weighted by molar-refractivity contribution is -0.125. The highest BCUT2D eigenvalue weighted by Crippen LogP contribution is 2.46. The van der Waals surface area contributed by atoms with Gasteiger partial charge in [-0.05, 0) is 52.3 Å². The van der Waals surface area contributed by atoms with Crippen LogP contribution in [0.1, 0.15) is 46.3 Å². The van der Waals surface area contributed by atoms with Gasteiger partial charge in [0, 0.05) is 11.2 Å². The summed E-state index contributed by atoms with van der Waals surface area (Å²) in [5.41, 5.74) is 1.35. The summed E-state index contributed by atoms with van der Waals surface area (Å²) >= 11 is 0. The molecule has 1 heterocycles. The van der Waals surface area contributed by atoms with Crippen LogP contribution in [0.5, 0.6) is 0 Å². The molecule has 0 spiro atoms. The lowest BCUT2D eigenvalue weighted by Gasteiger charge is -2.43. The third kappa shape index (κ3) is 2.63. The molecule has 24 heavy (non-hydrogen) atoms. The molecule has 3 heteroatoms. The molecule has 2 aromatic carbocycles. The summed E-state index contributed by atoms with van der Waals surface area (Å²) < 4.78 is 0. The van der Waals surface area contributed by atoms with Gasteiger partial charge >= 0.3 is 0 Å².